The number of allylic oxidation sites excluding steroid dienone is 2. The second-order valence-electron chi connectivity index (χ2n) is 15.2. The van der Waals surface area contributed by atoms with E-state index in [1.165, 1.54) is 12.8 Å². The van der Waals surface area contributed by atoms with Gasteiger partial charge in [0, 0.05) is 5.41 Å². The summed E-state index contributed by atoms with van der Waals surface area (Å²) in [6, 6.07) is 0. The summed E-state index contributed by atoms with van der Waals surface area (Å²) in [5.41, 5.74) is 2.07. The predicted molar refractivity (Wildman–Crippen MR) is 133 cm³/mol. The maximum Gasteiger partial charge on any atom is 0.157 e. The SMILES string of the molecule is CC1(C)CC[C@]2(C(O)O)CC[C@]3(C)C(=CC[C@@H]4[C@@]5(C)CC[C@H](O)C(C)(C)C5CC[C@]43C)[C@@H]2C1. The van der Waals surface area contributed by atoms with Crippen molar-refractivity contribution in [2.75, 3.05) is 0 Å². The van der Waals surface area contributed by atoms with Crippen LogP contribution >= 0.6 is 0 Å². The van der Waals surface area contributed by atoms with Gasteiger partial charge in [-0.25, -0.2) is 0 Å². The molecule has 0 aliphatic heterocycles. The molecule has 4 saturated carbocycles. The molecule has 0 heterocycles. The van der Waals surface area contributed by atoms with Crippen LogP contribution in [0, 0.1) is 50.2 Å². The first-order valence-corrected chi connectivity index (χ1v) is 13.9. The fourth-order valence-electron chi connectivity index (χ4n) is 10.7. The van der Waals surface area contributed by atoms with Gasteiger partial charge < -0.3 is 15.3 Å². The van der Waals surface area contributed by atoms with E-state index in [0.29, 0.717) is 11.8 Å². The molecule has 8 atom stereocenters. The molecule has 3 heteroatoms. The Balaban J connectivity index is 1.59. The molecule has 188 valence electrons. The van der Waals surface area contributed by atoms with E-state index in [2.05, 4.69) is 54.5 Å². The summed E-state index contributed by atoms with van der Waals surface area (Å²) in [5, 5.41) is 32.3. The second-order valence-corrected chi connectivity index (χ2v) is 15.2. The average Bonchev–Trinajstić information content (AvgIpc) is 2.71. The van der Waals surface area contributed by atoms with Crippen molar-refractivity contribution in [1.29, 1.82) is 0 Å². The zero-order chi connectivity index (χ0) is 24.2. The first-order valence-electron chi connectivity index (χ1n) is 13.9. The Labute approximate surface area is 202 Å². The van der Waals surface area contributed by atoms with Crippen molar-refractivity contribution in [3.63, 3.8) is 0 Å². The molecule has 5 aliphatic carbocycles. The summed E-state index contributed by atoms with van der Waals surface area (Å²) in [7, 11) is 0. The molecule has 0 bridgehead atoms. The van der Waals surface area contributed by atoms with Gasteiger partial charge in [0.1, 0.15) is 0 Å². The molecule has 33 heavy (non-hydrogen) atoms. The summed E-state index contributed by atoms with van der Waals surface area (Å²) >= 11 is 0. The van der Waals surface area contributed by atoms with Crippen LogP contribution in [-0.4, -0.2) is 27.7 Å². The third-order valence-corrected chi connectivity index (χ3v) is 13.2. The maximum absolute atomic E-state index is 10.9. The molecule has 4 fully saturated rings. The summed E-state index contributed by atoms with van der Waals surface area (Å²) < 4.78 is 0. The Kier molecular flexibility index (Phi) is 5.23. The second kappa shape index (κ2) is 7.10. The molecule has 0 aromatic carbocycles. The van der Waals surface area contributed by atoms with Gasteiger partial charge in [0.25, 0.3) is 0 Å². The van der Waals surface area contributed by atoms with Gasteiger partial charge in [-0.15, -0.1) is 0 Å². The highest BCUT2D eigenvalue weighted by Gasteiger charge is 2.68. The predicted octanol–water partition coefficient (Wildman–Crippen LogP) is 6.46. The van der Waals surface area contributed by atoms with Gasteiger partial charge in [0.05, 0.1) is 6.10 Å². The van der Waals surface area contributed by atoms with Gasteiger partial charge in [0.2, 0.25) is 0 Å². The van der Waals surface area contributed by atoms with Crippen LogP contribution in [0.2, 0.25) is 0 Å². The quantitative estimate of drug-likeness (QED) is 0.312. The summed E-state index contributed by atoms with van der Waals surface area (Å²) in [6.07, 6.45) is 11.9. The van der Waals surface area contributed by atoms with Gasteiger partial charge in [-0.3, -0.25) is 0 Å². The number of hydrogen-bond donors (Lipinski definition) is 3. The largest absolute Gasteiger partial charge is 0.393 e. The van der Waals surface area contributed by atoms with Crippen LogP contribution in [0.1, 0.15) is 113 Å². The fraction of sp³-hybridized carbons (Fsp3) is 0.933. The van der Waals surface area contributed by atoms with Crippen molar-refractivity contribution in [3.8, 4) is 0 Å². The van der Waals surface area contributed by atoms with Crippen molar-refractivity contribution in [1.82, 2.24) is 0 Å². The topological polar surface area (TPSA) is 60.7 Å². The molecule has 3 nitrogen and oxygen atoms in total. The fourth-order valence-corrected chi connectivity index (χ4v) is 10.7. The highest BCUT2D eigenvalue weighted by Crippen LogP contribution is 2.75. The number of rotatable bonds is 1. The molecule has 1 unspecified atom stereocenters. The number of hydrogen-bond acceptors (Lipinski definition) is 3. The third kappa shape index (κ3) is 2.97. The first-order chi connectivity index (χ1) is 15.1. The lowest BCUT2D eigenvalue weighted by Gasteiger charge is -2.71. The Morgan fingerprint density at radius 1 is 0.818 bits per heavy atom. The Morgan fingerprint density at radius 2 is 1.48 bits per heavy atom. The Morgan fingerprint density at radius 3 is 2.15 bits per heavy atom. The molecule has 5 rings (SSSR count). The zero-order valence-electron chi connectivity index (χ0n) is 22.4. The van der Waals surface area contributed by atoms with E-state index in [0.717, 1.165) is 51.4 Å². The van der Waals surface area contributed by atoms with E-state index in [1.807, 2.05) is 0 Å². The molecule has 3 N–H and O–H groups in total. The number of aliphatic hydroxyl groups is 3. The minimum Gasteiger partial charge on any atom is -0.393 e. The lowest BCUT2D eigenvalue weighted by atomic mass is 9.33. The van der Waals surface area contributed by atoms with E-state index < -0.39 is 6.29 Å². The van der Waals surface area contributed by atoms with E-state index in [-0.39, 0.29) is 44.5 Å². The van der Waals surface area contributed by atoms with Crippen molar-refractivity contribution < 1.29 is 15.3 Å². The molecular weight excluding hydrogens is 408 g/mol. The Hall–Kier alpha value is -0.380. The minimum atomic E-state index is -1.22. The minimum absolute atomic E-state index is 0.0185. The molecule has 0 amide bonds. The highest BCUT2D eigenvalue weighted by molar-refractivity contribution is 5.34. The molecule has 0 saturated heterocycles. The van der Waals surface area contributed by atoms with Crippen molar-refractivity contribution in [2.24, 2.45) is 50.2 Å². The monoisotopic (exact) mass is 458 g/mol. The molecule has 0 radical (unpaired) electrons. The van der Waals surface area contributed by atoms with Crippen LogP contribution in [0.15, 0.2) is 11.6 Å². The molecule has 0 aromatic heterocycles. The van der Waals surface area contributed by atoms with Crippen molar-refractivity contribution in [3.05, 3.63) is 11.6 Å². The van der Waals surface area contributed by atoms with E-state index in [1.54, 1.807) is 5.57 Å². The third-order valence-electron chi connectivity index (χ3n) is 13.2. The van der Waals surface area contributed by atoms with Crippen molar-refractivity contribution in [2.45, 2.75) is 125 Å². The van der Waals surface area contributed by atoms with Crippen LogP contribution in [0.3, 0.4) is 0 Å². The summed E-state index contributed by atoms with van der Waals surface area (Å²) in [6.45, 7) is 17.1. The van der Waals surface area contributed by atoms with Gasteiger partial charge in [0.15, 0.2) is 6.29 Å². The Bertz CT molecular complexity index is 841. The van der Waals surface area contributed by atoms with Gasteiger partial charge >= 0.3 is 0 Å². The lowest BCUT2D eigenvalue weighted by molar-refractivity contribution is -0.225. The van der Waals surface area contributed by atoms with Crippen LogP contribution in [-0.2, 0) is 0 Å². The zero-order valence-corrected chi connectivity index (χ0v) is 22.4. The molecular formula is C30H50O3. The van der Waals surface area contributed by atoms with E-state index in [4.69, 9.17) is 0 Å². The van der Waals surface area contributed by atoms with Crippen LogP contribution in [0.25, 0.3) is 0 Å². The van der Waals surface area contributed by atoms with Crippen LogP contribution in [0.4, 0.5) is 0 Å². The van der Waals surface area contributed by atoms with Gasteiger partial charge in [-0.1, -0.05) is 60.1 Å². The van der Waals surface area contributed by atoms with Gasteiger partial charge in [-0.2, -0.15) is 0 Å². The number of aliphatic hydroxyl groups excluding tert-OH is 2. The average molecular weight is 459 g/mol. The maximum atomic E-state index is 10.9. The first kappa shape index (κ1) is 24.3. The van der Waals surface area contributed by atoms with E-state index >= 15 is 0 Å². The van der Waals surface area contributed by atoms with Gasteiger partial charge in [-0.05, 0) is 109 Å². The standard InChI is InChI=1S/C30H50O3/c1-25(2)14-16-30(24(32)33)17-15-28(6)19(20(30)18-25)8-9-22-27(5)12-11-23(31)26(3,4)21(27)10-13-29(22,28)7/h8,20-24,31-33H,9-18H2,1-7H3/t20-,21?,22+,23-,27-,28+,29+,30-/m0/s1. The molecule has 0 spiro atoms. The molecule has 0 aromatic rings. The highest BCUT2D eigenvalue weighted by atomic mass is 16.5. The molecule has 5 aliphatic rings. The van der Waals surface area contributed by atoms with Crippen LogP contribution in [0.5, 0.6) is 0 Å². The van der Waals surface area contributed by atoms with E-state index in [9.17, 15) is 15.3 Å². The summed E-state index contributed by atoms with van der Waals surface area (Å²) in [5.74, 6) is 1.49. The smallest absolute Gasteiger partial charge is 0.157 e. The lowest BCUT2D eigenvalue weighted by Crippen LogP contribution is -2.65. The number of fused-ring (bicyclic) bond motifs is 7. The van der Waals surface area contributed by atoms with Crippen LogP contribution < -0.4 is 0 Å². The summed E-state index contributed by atoms with van der Waals surface area (Å²) in [4.78, 5) is 0. The van der Waals surface area contributed by atoms with Crippen molar-refractivity contribution >= 4 is 0 Å². The normalized spacial score (nSPS) is 52.8.